The highest BCUT2D eigenvalue weighted by Gasteiger charge is 2.21. The van der Waals surface area contributed by atoms with Gasteiger partial charge in [0.05, 0.1) is 0 Å². The Hall–Kier alpha value is -2.50. The standard InChI is InChI=1S/C17H22N6/c1-3-5-12-23-17(15(4-2)22-13-6-9-19-22)20-16(21-23)14-7-10-18-11-8-14/h6-11,13,15H,3-5,12H2,1-2H3. The lowest BCUT2D eigenvalue weighted by Crippen LogP contribution is -2.17. The number of aromatic nitrogens is 6. The average molecular weight is 310 g/mol. The molecule has 23 heavy (non-hydrogen) atoms. The van der Waals surface area contributed by atoms with Crippen LogP contribution in [0.1, 0.15) is 45.0 Å². The Morgan fingerprint density at radius 2 is 1.96 bits per heavy atom. The van der Waals surface area contributed by atoms with Crippen LogP contribution < -0.4 is 0 Å². The van der Waals surface area contributed by atoms with E-state index in [2.05, 4.69) is 23.9 Å². The van der Waals surface area contributed by atoms with Crippen LogP contribution in [0.5, 0.6) is 0 Å². The Morgan fingerprint density at radius 1 is 1.13 bits per heavy atom. The van der Waals surface area contributed by atoms with Crippen LogP contribution in [0.3, 0.4) is 0 Å². The van der Waals surface area contributed by atoms with Crippen molar-refractivity contribution in [3.8, 4) is 11.4 Å². The van der Waals surface area contributed by atoms with Gasteiger partial charge in [0.2, 0.25) is 0 Å². The van der Waals surface area contributed by atoms with Gasteiger partial charge in [-0.2, -0.15) is 10.2 Å². The number of unbranched alkanes of at least 4 members (excludes halogenated alkanes) is 1. The fourth-order valence-electron chi connectivity index (χ4n) is 2.65. The second-order valence-electron chi connectivity index (χ2n) is 5.52. The summed E-state index contributed by atoms with van der Waals surface area (Å²) in [7, 11) is 0. The Labute approximate surface area is 136 Å². The number of hydrogen-bond donors (Lipinski definition) is 0. The lowest BCUT2D eigenvalue weighted by molar-refractivity contribution is 0.438. The molecule has 3 rings (SSSR count). The maximum Gasteiger partial charge on any atom is 0.181 e. The van der Waals surface area contributed by atoms with Gasteiger partial charge in [-0.05, 0) is 31.0 Å². The molecule has 0 bridgehead atoms. The molecule has 3 aromatic rings. The van der Waals surface area contributed by atoms with Gasteiger partial charge in [-0.3, -0.25) is 9.67 Å². The van der Waals surface area contributed by atoms with E-state index in [0.717, 1.165) is 43.0 Å². The summed E-state index contributed by atoms with van der Waals surface area (Å²) in [4.78, 5) is 8.89. The summed E-state index contributed by atoms with van der Waals surface area (Å²) in [5.41, 5.74) is 0.992. The first-order valence-corrected chi connectivity index (χ1v) is 8.17. The van der Waals surface area contributed by atoms with Crippen molar-refractivity contribution < 1.29 is 0 Å². The van der Waals surface area contributed by atoms with Crippen molar-refractivity contribution in [2.45, 2.75) is 45.7 Å². The Balaban J connectivity index is 2.01. The summed E-state index contributed by atoms with van der Waals surface area (Å²) in [5.74, 6) is 1.72. The van der Waals surface area contributed by atoms with Crippen LogP contribution in [-0.2, 0) is 6.54 Å². The van der Waals surface area contributed by atoms with Crippen LogP contribution in [0, 0.1) is 0 Å². The van der Waals surface area contributed by atoms with Gasteiger partial charge in [-0.15, -0.1) is 0 Å². The quantitative estimate of drug-likeness (QED) is 0.671. The van der Waals surface area contributed by atoms with E-state index in [4.69, 9.17) is 10.1 Å². The first kappa shape index (κ1) is 15.4. The van der Waals surface area contributed by atoms with E-state index in [0.29, 0.717) is 0 Å². The predicted molar refractivity (Wildman–Crippen MR) is 88.8 cm³/mol. The number of nitrogens with zero attached hydrogens (tertiary/aromatic N) is 6. The van der Waals surface area contributed by atoms with Crippen molar-refractivity contribution in [3.63, 3.8) is 0 Å². The van der Waals surface area contributed by atoms with Crippen molar-refractivity contribution in [2.75, 3.05) is 0 Å². The fourth-order valence-corrected chi connectivity index (χ4v) is 2.65. The van der Waals surface area contributed by atoms with Crippen molar-refractivity contribution in [2.24, 2.45) is 0 Å². The normalized spacial score (nSPS) is 12.4. The Kier molecular flexibility index (Phi) is 4.80. The topological polar surface area (TPSA) is 61.4 Å². The molecule has 0 spiro atoms. The summed E-state index contributed by atoms with van der Waals surface area (Å²) >= 11 is 0. The van der Waals surface area contributed by atoms with E-state index in [1.807, 2.05) is 33.8 Å². The van der Waals surface area contributed by atoms with E-state index < -0.39 is 0 Å². The summed E-state index contributed by atoms with van der Waals surface area (Å²) in [6.07, 6.45) is 10.5. The van der Waals surface area contributed by atoms with Gasteiger partial charge in [0.1, 0.15) is 6.04 Å². The van der Waals surface area contributed by atoms with Crippen molar-refractivity contribution in [3.05, 3.63) is 48.8 Å². The molecule has 0 radical (unpaired) electrons. The molecule has 0 aliphatic carbocycles. The summed E-state index contributed by atoms with van der Waals surface area (Å²) in [6.45, 7) is 5.21. The molecule has 0 saturated heterocycles. The Morgan fingerprint density at radius 3 is 2.61 bits per heavy atom. The predicted octanol–water partition coefficient (Wildman–Crippen LogP) is 3.34. The minimum atomic E-state index is 0.102. The molecule has 0 amide bonds. The monoisotopic (exact) mass is 310 g/mol. The number of aryl methyl sites for hydroxylation is 1. The van der Waals surface area contributed by atoms with Crippen molar-refractivity contribution in [1.29, 1.82) is 0 Å². The Bertz CT molecular complexity index is 717. The summed E-state index contributed by atoms with van der Waals surface area (Å²) in [5, 5.41) is 9.13. The van der Waals surface area contributed by atoms with Crippen LogP contribution in [0.2, 0.25) is 0 Å². The smallest absolute Gasteiger partial charge is 0.181 e. The molecule has 3 aromatic heterocycles. The third kappa shape index (κ3) is 3.31. The maximum atomic E-state index is 4.82. The van der Waals surface area contributed by atoms with Crippen LogP contribution in [0.4, 0.5) is 0 Å². The molecule has 3 heterocycles. The molecule has 0 aromatic carbocycles. The van der Waals surface area contributed by atoms with Gasteiger partial charge in [0.15, 0.2) is 11.6 Å². The zero-order valence-corrected chi connectivity index (χ0v) is 13.6. The molecule has 1 atom stereocenters. The average Bonchev–Trinajstić information content (AvgIpc) is 3.25. The van der Waals surface area contributed by atoms with Crippen LogP contribution in [0.25, 0.3) is 11.4 Å². The minimum absolute atomic E-state index is 0.102. The van der Waals surface area contributed by atoms with E-state index in [-0.39, 0.29) is 6.04 Å². The molecule has 0 fully saturated rings. The molecule has 1 unspecified atom stereocenters. The van der Waals surface area contributed by atoms with Crippen LogP contribution in [-0.4, -0.2) is 29.5 Å². The van der Waals surface area contributed by atoms with E-state index in [1.54, 1.807) is 18.6 Å². The van der Waals surface area contributed by atoms with E-state index in [9.17, 15) is 0 Å². The number of hydrogen-bond acceptors (Lipinski definition) is 4. The van der Waals surface area contributed by atoms with E-state index in [1.165, 1.54) is 0 Å². The zero-order valence-electron chi connectivity index (χ0n) is 13.6. The SMILES string of the molecule is CCCCn1nc(-c2ccncc2)nc1C(CC)n1cccn1. The third-order valence-corrected chi connectivity index (χ3v) is 3.89. The molecular formula is C17H22N6. The van der Waals surface area contributed by atoms with Crippen molar-refractivity contribution >= 4 is 0 Å². The zero-order chi connectivity index (χ0) is 16.1. The molecule has 6 heteroatoms. The second-order valence-corrected chi connectivity index (χ2v) is 5.52. The van der Waals surface area contributed by atoms with Gasteiger partial charge < -0.3 is 0 Å². The largest absolute Gasteiger partial charge is 0.265 e. The maximum absolute atomic E-state index is 4.82. The van der Waals surface area contributed by atoms with Gasteiger partial charge >= 0.3 is 0 Å². The summed E-state index contributed by atoms with van der Waals surface area (Å²) in [6, 6.07) is 5.93. The first-order valence-electron chi connectivity index (χ1n) is 8.17. The lowest BCUT2D eigenvalue weighted by atomic mass is 10.2. The van der Waals surface area contributed by atoms with Crippen molar-refractivity contribution in [1.82, 2.24) is 29.5 Å². The summed E-state index contributed by atoms with van der Waals surface area (Å²) < 4.78 is 4.00. The van der Waals surface area contributed by atoms with Gasteiger partial charge in [0, 0.05) is 36.9 Å². The van der Waals surface area contributed by atoms with Gasteiger partial charge in [-0.25, -0.2) is 9.67 Å². The number of rotatable bonds is 7. The van der Waals surface area contributed by atoms with Crippen LogP contribution >= 0.6 is 0 Å². The second kappa shape index (κ2) is 7.17. The first-order chi connectivity index (χ1) is 11.3. The number of pyridine rings is 1. The highest BCUT2D eigenvalue weighted by molar-refractivity contribution is 5.53. The lowest BCUT2D eigenvalue weighted by Gasteiger charge is -2.15. The van der Waals surface area contributed by atoms with E-state index >= 15 is 0 Å². The van der Waals surface area contributed by atoms with Gasteiger partial charge in [0.25, 0.3) is 0 Å². The molecule has 0 N–H and O–H groups in total. The third-order valence-electron chi connectivity index (χ3n) is 3.89. The molecule has 0 aliphatic heterocycles. The molecule has 0 saturated carbocycles. The minimum Gasteiger partial charge on any atom is -0.265 e. The van der Waals surface area contributed by atoms with Crippen LogP contribution in [0.15, 0.2) is 43.0 Å². The van der Waals surface area contributed by atoms with Gasteiger partial charge in [-0.1, -0.05) is 20.3 Å². The molecular weight excluding hydrogens is 288 g/mol. The molecule has 0 aliphatic rings. The molecule has 120 valence electrons. The molecule has 6 nitrogen and oxygen atoms in total. The highest BCUT2D eigenvalue weighted by Crippen LogP contribution is 2.23. The highest BCUT2D eigenvalue weighted by atomic mass is 15.4. The fraction of sp³-hybridized carbons (Fsp3) is 0.412.